The molecule has 0 saturated heterocycles. The van der Waals surface area contributed by atoms with Crippen LogP contribution < -0.4 is 0 Å². The van der Waals surface area contributed by atoms with Gasteiger partial charge in [0.25, 0.3) is 0 Å². The summed E-state index contributed by atoms with van der Waals surface area (Å²) in [6, 6.07) is 0. The van der Waals surface area contributed by atoms with Gasteiger partial charge in [0, 0.05) is 0 Å². The van der Waals surface area contributed by atoms with Gasteiger partial charge in [-0.2, -0.15) is 0 Å². The first kappa shape index (κ1) is 10.6. The van der Waals surface area contributed by atoms with Gasteiger partial charge in [-0.15, -0.1) is 0 Å². The van der Waals surface area contributed by atoms with E-state index in [1.165, 1.54) is 0 Å². The Morgan fingerprint density at radius 2 is 1.14 bits per heavy atom. The molecule has 0 unspecified atom stereocenters. The van der Waals surface area contributed by atoms with Gasteiger partial charge in [0.15, 0.2) is 0 Å². The number of rotatable bonds is 1. The van der Waals surface area contributed by atoms with Crippen molar-refractivity contribution in [1.82, 2.24) is 0 Å². The normalized spacial score (nSPS) is 6.29. The predicted molar refractivity (Wildman–Crippen MR) is 30.5 cm³/mol. The maximum absolute atomic E-state index is 9.50. The third-order valence-electron chi connectivity index (χ3n) is 0.167. The second-order valence-corrected chi connectivity index (χ2v) is 1.32. The summed E-state index contributed by atoms with van der Waals surface area (Å²) in [5.74, 6) is 0. The van der Waals surface area contributed by atoms with E-state index in [4.69, 9.17) is 0 Å². The molecule has 0 fully saturated rings. The van der Waals surface area contributed by atoms with Crippen LogP contribution in [0.25, 0.3) is 0 Å². The van der Waals surface area contributed by atoms with Crippen molar-refractivity contribution in [1.29, 1.82) is 0 Å². The molecule has 0 atom stereocenters. The van der Waals surface area contributed by atoms with Crippen molar-refractivity contribution in [3.63, 3.8) is 0 Å². The summed E-state index contributed by atoms with van der Waals surface area (Å²) in [5, 5.41) is -1.96. The molecule has 7 heavy (non-hydrogen) atoms. The molecule has 0 heterocycles. The Morgan fingerprint density at radius 3 is 1.14 bits per heavy atom. The number of hydrogen-bond donors (Lipinski definition) is 0. The minimum Gasteiger partial charge on any atom is -0.736 e. The Morgan fingerprint density at radius 1 is 1.00 bits per heavy atom. The molecule has 0 aromatic carbocycles. The topological polar surface area (TPSA) is 34.1 Å². The summed E-state index contributed by atoms with van der Waals surface area (Å²) >= 11 is 7.62. The van der Waals surface area contributed by atoms with Gasteiger partial charge in [0.2, 0.25) is 0 Å². The van der Waals surface area contributed by atoms with Gasteiger partial charge < -0.3 is 34.8 Å². The number of carbonyl (C=O) groups is 2. The van der Waals surface area contributed by atoms with Crippen molar-refractivity contribution in [2.24, 2.45) is 0 Å². The van der Waals surface area contributed by atoms with E-state index in [0.717, 1.165) is 0 Å². The monoisotopic (exact) mass is 328 g/mol. The van der Waals surface area contributed by atoms with E-state index < -0.39 is 10.2 Å². The molecule has 0 amide bonds. The Hall–Kier alpha value is 0.702. The summed E-state index contributed by atoms with van der Waals surface area (Å²) in [6.45, 7) is 0. The predicted octanol–water partition coefficient (Wildman–Crippen LogP) is -1.25. The van der Waals surface area contributed by atoms with Crippen molar-refractivity contribution < 1.29 is 9.59 Å². The van der Waals surface area contributed by atoms with Gasteiger partial charge in [-0.05, 0) is 0 Å². The molecule has 0 aromatic rings. The molecule has 5 heteroatoms. The molecule has 2 nitrogen and oxygen atoms in total. The van der Waals surface area contributed by atoms with Crippen LogP contribution in [-0.4, -0.2) is 37.5 Å². The van der Waals surface area contributed by atoms with Crippen LogP contribution in [0.3, 0.4) is 0 Å². The minimum atomic E-state index is -0.981. The minimum absolute atomic E-state index is 0. The average Bonchev–Trinajstić information content (AvgIpc) is 1.36. The zero-order valence-corrected chi connectivity index (χ0v) is 8.65. The maximum atomic E-state index is 9.50. The van der Waals surface area contributed by atoms with Crippen LogP contribution in [0.15, 0.2) is 0 Å². The molecular weight excluding hydrogens is 327 g/mol. The van der Waals surface area contributed by atoms with E-state index in [1.54, 1.807) is 0 Å². The molecule has 0 spiro atoms. The van der Waals surface area contributed by atoms with Crippen molar-refractivity contribution in [3.05, 3.63) is 0 Å². The van der Waals surface area contributed by atoms with E-state index >= 15 is 0 Å². The molecule has 0 bridgehead atoms. The molecule has 0 saturated carbocycles. The molecule has 0 N–H and O–H groups in total. The van der Waals surface area contributed by atoms with Crippen molar-refractivity contribution in [2.75, 3.05) is 0 Å². The van der Waals surface area contributed by atoms with Crippen molar-refractivity contribution in [3.8, 4) is 0 Å². The summed E-state index contributed by atoms with van der Waals surface area (Å²) in [7, 11) is 0. The van der Waals surface area contributed by atoms with Crippen LogP contribution in [0.2, 0.25) is 0 Å². The van der Waals surface area contributed by atoms with Gasteiger partial charge in [-0.25, -0.2) is 0 Å². The third-order valence-corrected chi connectivity index (χ3v) is 0.667. The van der Waals surface area contributed by atoms with Gasteiger partial charge in [0.05, 0.1) is 10.2 Å². The van der Waals surface area contributed by atoms with Crippen LogP contribution in [0.5, 0.6) is 0 Å². The smallest absolute Gasteiger partial charge is 0.736 e. The van der Waals surface area contributed by atoms with E-state index in [-0.39, 0.29) is 27.3 Å². The van der Waals surface area contributed by atoms with Crippen molar-refractivity contribution in [2.45, 2.75) is 0 Å². The maximum Gasteiger partial charge on any atom is 2.00 e. The van der Waals surface area contributed by atoms with Gasteiger partial charge in [-0.1, -0.05) is 0 Å². The van der Waals surface area contributed by atoms with E-state index in [0.29, 0.717) is 0 Å². The second kappa shape index (κ2) is 4.85. The Balaban J connectivity index is 0. The molecule has 0 aliphatic rings. The Labute approximate surface area is 72.0 Å². The zero-order valence-electron chi connectivity index (χ0n) is 3.13. The fourth-order valence-electron chi connectivity index (χ4n) is 0. The number of carbonyl (C=O) groups excluding carboxylic acids is 2. The zero-order chi connectivity index (χ0) is 5.15. The van der Waals surface area contributed by atoms with Crippen LogP contribution >= 0.6 is 0 Å². The van der Waals surface area contributed by atoms with Crippen LogP contribution in [-0.2, 0) is 34.8 Å². The van der Waals surface area contributed by atoms with E-state index in [1.807, 2.05) is 0 Å². The fourth-order valence-corrected chi connectivity index (χ4v) is 0. The Kier molecular flexibility index (Phi) is 7.37. The first-order valence-electron chi connectivity index (χ1n) is 1.07. The molecule has 2 radical (unpaired) electrons. The van der Waals surface area contributed by atoms with Gasteiger partial charge in [-0.3, -0.25) is 0 Å². The molecule has 0 aliphatic carbocycles. The van der Waals surface area contributed by atoms with Crippen LogP contribution in [0, 0.1) is 0 Å². The third kappa shape index (κ3) is 6.70. The first-order valence-corrected chi connectivity index (χ1v) is 1.88. The summed E-state index contributed by atoms with van der Waals surface area (Å²) in [6.07, 6.45) is 0. The molecule has 0 aliphatic heterocycles. The molecule has 0 aromatic heterocycles. The van der Waals surface area contributed by atoms with Gasteiger partial charge >= 0.3 is 27.3 Å². The van der Waals surface area contributed by atoms with E-state index in [2.05, 4.69) is 25.3 Å². The molecule has 0 rings (SSSR count). The average molecular weight is 327 g/mol. The summed E-state index contributed by atoms with van der Waals surface area (Å²) in [4.78, 5) is 19.0. The summed E-state index contributed by atoms with van der Waals surface area (Å²) < 4.78 is 0. The van der Waals surface area contributed by atoms with Crippen molar-refractivity contribution >= 4 is 62.8 Å². The van der Waals surface area contributed by atoms with E-state index in [9.17, 15) is 9.59 Å². The fraction of sp³-hybridized carbons (Fsp3) is 0. The largest absolute Gasteiger partial charge is 2.00 e. The van der Waals surface area contributed by atoms with Crippen LogP contribution in [0.4, 0.5) is 0 Å². The van der Waals surface area contributed by atoms with Crippen LogP contribution in [0.1, 0.15) is 0 Å². The first-order chi connectivity index (χ1) is 2.64. The number of hydrogen-bond acceptors (Lipinski definition) is 4. The standard InChI is InChI=1S/C2H2O2S2.Pb/c3-1(5)2(4)6;/h(H,3,5)(H,4,6);/q;+2/p-2. The summed E-state index contributed by atoms with van der Waals surface area (Å²) in [5.41, 5.74) is 0. The SMILES string of the molecule is O=C([S-])C(=O)[S-].[Pb+2]. The molecular formula is C2O2PbS2. The molecule has 36 valence electrons. The second-order valence-electron chi connectivity index (χ2n) is 0.575. The van der Waals surface area contributed by atoms with Gasteiger partial charge in [0.1, 0.15) is 0 Å². The Bertz CT molecular complexity index is 79.7. The quantitative estimate of drug-likeness (QED) is 0.343.